The first-order valence-corrected chi connectivity index (χ1v) is 8.65. The Bertz CT molecular complexity index is 786. The van der Waals surface area contributed by atoms with Gasteiger partial charge in [-0.3, -0.25) is 4.79 Å². The molecule has 1 saturated heterocycles. The largest absolute Gasteiger partial charge is 0.484 e. The van der Waals surface area contributed by atoms with Crippen molar-refractivity contribution >= 4 is 29.2 Å². The Hall–Kier alpha value is -2.73. The van der Waals surface area contributed by atoms with Crippen LogP contribution in [0.4, 0.5) is 5.69 Å². The van der Waals surface area contributed by atoms with Gasteiger partial charge in [0.25, 0.3) is 5.91 Å². The Morgan fingerprint density at radius 1 is 1.04 bits per heavy atom. The van der Waals surface area contributed by atoms with Gasteiger partial charge in [-0.2, -0.15) is 0 Å². The number of carboxylic acid groups (broad SMARTS) is 1. The number of aromatic carboxylic acids is 1. The third kappa shape index (κ3) is 4.46. The van der Waals surface area contributed by atoms with Crippen molar-refractivity contribution in [2.24, 2.45) is 0 Å². The predicted molar refractivity (Wildman–Crippen MR) is 99.1 cm³/mol. The zero-order valence-corrected chi connectivity index (χ0v) is 14.9. The summed E-state index contributed by atoms with van der Waals surface area (Å²) in [6.07, 6.45) is 0. The van der Waals surface area contributed by atoms with E-state index in [9.17, 15) is 9.59 Å². The van der Waals surface area contributed by atoms with Crippen LogP contribution in [0.15, 0.2) is 48.5 Å². The van der Waals surface area contributed by atoms with Crippen LogP contribution < -0.4 is 9.64 Å². The van der Waals surface area contributed by atoms with Crippen LogP contribution in [0.1, 0.15) is 10.4 Å². The highest BCUT2D eigenvalue weighted by Gasteiger charge is 2.22. The van der Waals surface area contributed by atoms with Crippen molar-refractivity contribution in [2.45, 2.75) is 0 Å². The fourth-order valence-corrected chi connectivity index (χ4v) is 2.94. The van der Waals surface area contributed by atoms with Crippen molar-refractivity contribution in [1.29, 1.82) is 0 Å². The van der Waals surface area contributed by atoms with Crippen molar-refractivity contribution in [3.8, 4) is 5.75 Å². The molecular weight excluding hydrogens is 356 g/mol. The van der Waals surface area contributed by atoms with E-state index in [0.29, 0.717) is 37.0 Å². The molecule has 2 aromatic rings. The lowest BCUT2D eigenvalue weighted by Crippen LogP contribution is -2.50. The molecule has 1 aliphatic heterocycles. The highest BCUT2D eigenvalue weighted by atomic mass is 35.5. The lowest BCUT2D eigenvalue weighted by atomic mass is 10.1. The molecule has 0 aromatic heterocycles. The molecule has 1 fully saturated rings. The number of hydrogen-bond donors (Lipinski definition) is 1. The molecule has 0 spiro atoms. The maximum absolute atomic E-state index is 12.3. The standard InChI is InChI=1S/C19H19ClN2O4/c20-15-4-6-17(7-5-15)26-13-18(23)22-10-8-21(9-11-22)16-3-1-2-14(12-16)19(24)25/h1-7,12H,8-11,13H2,(H,24,25). The van der Waals surface area contributed by atoms with Gasteiger partial charge in [0.1, 0.15) is 5.75 Å². The molecule has 0 saturated carbocycles. The molecule has 1 N–H and O–H groups in total. The normalized spacial score (nSPS) is 14.2. The SMILES string of the molecule is O=C(O)c1cccc(N2CCN(C(=O)COc3ccc(Cl)cc3)CC2)c1. The average molecular weight is 375 g/mol. The van der Waals surface area contributed by atoms with Crippen molar-refractivity contribution in [3.63, 3.8) is 0 Å². The first-order valence-electron chi connectivity index (χ1n) is 8.27. The Balaban J connectivity index is 1.51. The van der Waals surface area contributed by atoms with E-state index < -0.39 is 5.97 Å². The molecular formula is C19H19ClN2O4. The summed E-state index contributed by atoms with van der Waals surface area (Å²) in [7, 11) is 0. The summed E-state index contributed by atoms with van der Waals surface area (Å²) in [5.41, 5.74) is 1.12. The third-order valence-corrected chi connectivity index (χ3v) is 4.52. The summed E-state index contributed by atoms with van der Waals surface area (Å²) < 4.78 is 5.50. The zero-order chi connectivity index (χ0) is 18.5. The van der Waals surface area contributed by atoms with E-state index in [1.807, 2.05) is 6.07 Å². The van der Waals surface area contributed by atoms with E-state index in [2.05, 4.69) is 4.90 Å². The van der Waals surface area contributed by atoms with E-state index in [1.165, 1.54) is 0 Å². The number of anilines is 1. The molecule has 1 aliphatic rings. The number of amides is 1. The van der Waals surface area contributed by atoms with Crippen molar-refractivity contribution in [1.82, 2.24) is 4.90 Å². The van der Waals surface area contributed by atoms with Gasteiger partial charge in [-0.05, 0) is 42.5 Å². The number of nitrogens with zero attached hydrogens (tertiary/aromatic N) is 2. The lowest BCUT2D eigenvalue weighted by molar-refractivity contribution is -0.133. The molecule has 136 valence electrons. The van der Waals surface area contributed by atoms with Crippen LogP contribution in [-0.4, -0.2) is 54.7 Å². The number of carbonyl (C=O) groups is 2. The lowest BCUT2D eigenvalue weighted by Gasteiger charge is -2.36. The van der Waals surface area contributed by atoms with Crippen molar-refractivity contribution in [3.05, 3.63) is 59.1 Å². The number of piperazine rings is 1. The fourth-order valence-electron chi connectivity index (χ4n) is 2.82. The maximum atomic E-state index is 12.3. The van der Waals surface area contributed by atoms with Gasteiger partial charge >= 0.3 is 5.97 Å². The number of halogens is 1. The van der Waals surface area contributed by atoms with Gasteiger partial charge in [0, 0.05) is 36.9 Å². The molecule has 0 unspecified atom stereocenters. The van der Waals surface area contributed by atoms with Gasteiger partial charge in [-0.25, -0.2) is 4.79 Å². The summed E-state index contributed by atoms with van der Waals surface area (Å²) in [5, 5.41) is 9.72. The Labute approximate surface area is 156 Å². The van der Waals surface area contributed by atoms with Crippen molar-refractivity contribution < 1.29 is 19.4 Å². The van der Waals surface area contributed by atoms with Crippen LogP contribution >= 0.6 is 11.6 Å². The monoisotopic (exact) mass is 374 g/mol. The number of benzene rings is 2. The topological polar surface area (TPSA) is 70.1 Å². The summed E-state index contributed by atoms with van der Waals surface area (Å²) in [6, 6.07) is 13.7. The van der Waals surface area contributed by atoms with E-state index >= 15 is 0 Å². The highest BCUT2D eigenvalue weighted by Crippen LogP contribution is 2.19. The van der Waals surface area contributed by atoms with Gasteiger partial charge in [0.2, 0.25) is 0 Å². The second-order valence-electron chi connectivity index (χ2n) is 5.97. The first kappa shape index (κ1) is 18.1. The number of carbonyl (C=O) groups excluding carboxylic acids is 1. The Morgan fingerprint density at radius 2 is 1.73 bits per heavy atom. The van der Waals surface area contributed by atoms with E-state index in [4.69, 9.17) is 21.4 Å². The van der Waals surface area contributed by atoms with Gasteiger partial charge in [0.15, 0.2) is 6.61 Å². The molecule has 0 radical (unpaired) electrons. The summed E-state index contributed by atoms with van der Waals surface area (Å²) >= 11 is 5.82. The number of carboxylic acids is 1. The van der Waals surface area contributed by atoms with Gasteiger partial charge in [-0.1, -0.05) is 17.7 Å². The van der Waals surface area contributed by atoms with E-state index in [-0.39, 0.29) is 18.1 Å². The smallest absolute Gasteiger partial charge is 0.335 e. The molecule has 7 heteroatoms. The predicted octanol–water partition coefficient (Wildman–Crippen LogP) is 2.77. The zero-order valence-electron chi connectivity index (χ0n) is 14.1. The van der Waals surface area contributed by atoms with Crippen LogP contribution in [0, 0.1) is 0 Å². The minimum atomic E-state index is -0.944. The highest BCUT2D eigenvalue weighted by molar-refractivity contribution is 6.30. The minimum absolute atomic E-state index is 0.0177. The van der Waals surface area contributed by atoms with Gasteiger partial charge in [0.05, 0.1) is 5.56 Å². The Morgan fingerprint density at radius 3 is 2.38 bits per heavy atom. The van der Waals surface area contributed by atoms with Crippen LogP contribution in [-0.2, 0) is 4.79 Å². The number of hydrogen-bond acceptors (Lipinski definition) is 4. The molecule has 2 aromatic carbocycles. The quantitative estimate of drug-likeness (QED) is 0.871. The summed E-state index contributed by atoms with van der Waals surface area (Å²) in [6.45, 7) is 2.42. The number of ether oxygens (including phenoxy) is 1. The molecule has 3 rings (SSSR count). The van der Waals surface area contributed by atoms with Crippen LogP contribution in [0.3, 0.4) is 0 Å². The molecule has 0 bridgehead atoms. The van der Waals surface area contributed by atoms with Gasteiger partial charge < -0.3 is 19.6 Å². The molecule has 0 atom stereocenters. The third-order valence-electron chi connectivity index (χ3n) is 4.27. The fraction of sp³-hybridized carbons (Fsp3) is 0.263. The minimum Gasteiger partial charge on any atom is -0.484 e. The molecule has 26 heavy (non-hydrogen) atoms. The summed E-state index contributed by atoms with van der Waals surface area (Å²) in [5.74, 6) is -0.411. The average Bonchev–Trinajstić information content (AvgIpc) is 2.67. The van der Waals surface area contributed by atoms with Crippen LogP contribution in [0.5, 0.6) is 5.75 Å². The van der Waals surface area contributed by atoms with E-state index in [1.54, 1.807) is 47.4 Å². The second-order valence-corrected chi connectivity index (χ2v) is 6.40. The second kappa shape index (κ2) is 8.10. The summed E-state index contributed by atoms with van der Waals surface area (Å²) in [4.78, 5) is 27.2. The van der Waals surface area contributed by atoms with Crippen LogP contribution in [0.2, 0.25) is 5.02 Å². The maximum Gasteiger partial charge on any atom is 0.335 e. The molecule has 6 nitrogen and oxygen atoms in total. The molecule has 0 aliphatic carbocycles. The Kier molecular flexibility index (Phi) is 5.63. The van der Waals surface area contributed by atoms with Crippen LogP contribution in [0.25, 0.3) is 0 Å². The number of rotatable bonds is 5. The van der Waals surface area contributed by atoms with Crippen molar-refractivity contribution in [2.75, 3.05) is 37.7 Å². The molecule has 1 amide bonds. The first-order chi connectivity index (χ1) is 12.5. The molecule has 1 heterocycles. The van der Waals surface area contributed by atoms with E-state index in [0.717, 1.165) is 5.69 Å². The van der Waals surface area contributed by atoms with Gasteiger partial charge in [-0.15, -0.1) is 0 Å².